The summed E-state index contributed by atoms with van der Waals surface area (Å²) in [5, 5.41) is 0. The Morgan fingerprint density at radius 1 is 0.962 bits per heavy atom. The fraction of sp³-hybridized carbons (Fsp3) is 0.571. The molecule has 0 aromatic heterocycles. The molecule has 0 aliphatic heterocycles. The minimum Gasteiger partial charge on any atom is -0.468 e. The van der Waals surface area contributed by atoms with Crippen molar-refractivity contribution in [3.05, 3.63) is 35.4 Å². The lowest BCUT2D eigenvalue weighted by molar-refractivity contribution is -0.162. The zero-order valence-electron chi connectivity index (χ0n) is 15.9. The summed E-state index contributed by atoms with van der Waals surface area (Å²) in [4.78, 5) is 37.5. The zero-order chi connectivity index (χ0) is 19.2. The van der Waals surface area contributed by atoms with Crippen LogP contribution < -0.4 is 0 Å². The third kappa shape index (κ3) is 4.14. The summed E-state index contributed by atoms with van der Waals surface area (Å²) < 4.78 is 9.94. The van der Waals surface area contributed by atoms with E-state index in [1.165, 1.54) is 14.2 Å². The van der Waals surface area contributed by atoms with Crippen LogP contribution in [0.15, 0.2) is 24.3 Å². The van der Waals surface area contributed by atoms with E-state index in [-0.39, 0.29) is 11.7 Å². The molecule has 0 radical (unpaired) electrons. The molecule has 0 bridgehead atoms. The number of ketones is 1. The van der Waals surface area contributed by atoms with Gasteiger partial charge in [-0.1, -0.05) is 56.9 Å². The monoisotopic (exact) mass is 360 g/mol. The minimum absolute atomic E-state index is 0.126. The molecule has 0 atom stereocenters. The van der Waals surface area contributed by atoms with Gasteiger partial charge < -0.3 is 9.47 Å². The summed E-state index contributed by atoms with van der Waals surface area (Å²) >= 11 is 0. The van der Waals surface area contributed by atoms with Gasteiger partial charge in [0.05, 0.1) is 14.2 Å². The van der Waals surface area contributed by atoms with E-state index in [0.717, 1.165) is 32.1 Å². The van der Waals surface area contributed by atoms with E-state index in [2.05, 4.69) is 6.92 Å². The van der Waals surface area contributed by atoms with E-state index in [4.69, 9.17) is 9.47 Å². The molecular weight excluding hydrogens is 332 g/mol. The van der Waals surface area contributed by atoms with Crippen molar-refractivity contribution >= 4 is 17.7 Å². The van der Waals surface area contributed by atoms with Gasteiger partial charge in [0, 0.05) is 11.5 Å². The molecule has 0 saturated heterocycles. The second-order valence-electron chi connectivity index (χ2n) is 6.92. The fourth-order valence-electron chi connectivity index (χ4n) is 3.33. The highest BCUT2D eigenvalue weighted by atomic mass is 16.5. The maximum atomic E-state index is 12.6. The number of hydrogen-bond acceptors (Lipinski definition) is 5. The van der Waals surface area contributed by atoms with Crippen LogP contribution in [-0.2, 0) is 24.5 Å². The molecule has 1 aliphatic carbocycles. The zero-order valence-corrected chi connectivity index (χ0v) is 15.9. The quantitative estimate of drug-likeness (QED) is 0.274. The number of unbranched alkanes of at least 4 members (excludes halogenated alkanes) is 3. The van der Waals surface area contributed by atoms with Crippen molar-refractivity contribution in [1.82, 2.24) is 0 Å². The van der Waals surface area contributed by atoms with Gasteiger partial charge in [-0.25, -0.2) is 0 Å². The van der Waals surface area contributed by atoms with E-state index >= 15 is 0 Å². The van der Waals surface area contributed by atoms with Gasteiger partial charge in [-0.2, -0.15) is 0 Å². The van der Waals surface area contributed by atoms with Gasteiger partial charge in [0.1, 0.15) is 0 Å². The maximum absolute atomic E-state index is 12.6. The Labute approximate surface area is 155 Å². The average Bonchev–Trinajstić information content (AvgIpc) is 3.52. The highest BCUT2D eigenvalue weighted by Crippen LogP contribution is 2.36. The topological polar surface area (TPSA) is 69.7 Å². The number of esters is 2. The van der Waals surface area contributed by atoms with Crippen LogP contribution in [0.5, 0.6) is 0 Å². The molecular formula is C21H28O5. The molecule has 2 rings (SSSR count). The lowest BCUT2D eigenvalue weighted by Crippen LogP contribution is -2.45. The maximum Gasteiger partial charge on any atom is 0.327 e. The number of benzene rings is 1. The first-order chi connectivity index (χ1) is 12.5. The molecule has 142 valence electrons. The van der Waals surface area contributed by atoms with Crippen LogP contribution in [0.25, 0.3) is 0 Å². The SMILES string of the molecule is CCCCCCC(C(=O)OC)(C(=O)OC)c1ccc(C(=O)C2CC2)cc1. The number of carbonyl (C=O) groups is 3. The molecule has 1 saturated carbocycles. The number of carbonyl (C=O) groups excluding carboxylic acids is 3. The van der Waals surface area contributed by atoms with Crippen LogP contribution in [0.3, 0.4) is 0 Å². The van der Waals surface area contributed by atoms with Crippen LogP contribution in [0, 0.1) is 5.92 Å². The number of hydrogen-bond donors (Lipinski definition) is 0. The Hall–Kier alpha value is -2.17. The van der Waals surface area contributed by atoms with E-state index < -0.39 is 17.4 Å². The smallest absolute Gasteiger partial charge is 0.327 e. The predicted molar refractivity (Wildman–Crippen MR) is 98.0 cm³/mol. The number of ether oxygens (including phenoxy) is 2. The Bertz CT molecular complexity index is 627. The highest BCUT2D eigenvalue weighted by Gasteiger charge is 2.49. The van der Waals surface area contributed by atoms with Gasteiger partial charge in [-0.05, 0) is 24.8 Å². The first-order valence-corrected chi connectivity index (χ1v) is 9.32. The van der Waals surface area contributed by atoms with Gasteiger partial charge in [0.2, 0.25) is 0 Å². The molecule has 26 heavy (non-hydrogen) atoms. The van der Waals surface area contributed by atoms with Crippen molar-refractivity contribution < 1.29 is 23.9 Å². The molecule has 0 unspecified atom stereocenters. The van der Waals surface area contributed by atoms with Crippen molar-refractivity contribution in [2.45, 2.75) is 57.3 Å². The molecule has 0 spiro atoms. The Kier molecular flexibility index (Phi) is 6.95. The lowest BCUT2D eigenvalue weighted by Gasteiger charge is -2.29. The van der Waals surface area contributed by atoms with Gasteiger partial charge in [0.25, 0.3) is 0 Å². The van der Waals surface area contributed by atoms with E-state index in [1.54, 1.807) is 24.3 Å². The molecule has 5 heteroatoms. The van der Waals surface area contributed by atoms with E-state index in [9.17, 15) is 14.4 Å². The first-order valence-electron chi connectivity index (χ1n) is 9.32. The molecule has 0 N–H and O–H groups in total. The molecule has 1 aromatic carbocycles. The van der Waals surface area contributed by atoms with Crippen LogP contribution >= 0.6 is 0 Å². The summed E-state index contributed by atoms with van der Waals surface area (Å²) in [5.74, 6) is -0.994. The van der Waals surface area contributed by atoms with Crippen molar-refractivity contribution in [2.24, 2.45) is 5.92 Å². The van der Waals surface area contributed by atoms with E-state index in [0.29, 0.717) is 24.0 Å². The fourth-order valence-corrected chi connectivity index (χ4v) is 3.33. The largest absolute Gasteiger partial charge is 0.468 e. The predicted octanol–water partition coefficient (Wildman–Crippen LogP) is 3.83. The standard InChI is InChI=1S/C21H28O5/c1-4-5-6-7-14-21(19(23)25-2,20(24)26-3)17-12-10-16(11-13-17)18(22)15-8-9-15/h10-13,15H,4-9,14H2,1-3H3. The second kappa shape index (κ2) is 8.97. The summed E-state index contributed by atoms with van der Waals surface area (Å²) in [6.45, 7) is 2.10. The minimum atomic E-state index is -1.49. The Morgan fingerprint density at radius 2 is 1.54 bits per heavy atom. The summed E-state index contributed by atoms with van der Waals surface area (Å²) in [7, 11) is 2.55. The van der Waals surface area contributed by atoms with Crippen molar-refractivity contribution in [1.29, 1.82) is 0 Å². The van der Waals surface area contributed by atoms with Crippen LogP contribution in [0.1, 0.15) is 67.8 Å². The van der Waals surface area contributed by atoms with Gasteiger partial charge >= 0.3 is 11.9 Å². The molecule has 0 amide bonds. The summed E-state index contributed by atoms with van der Waals surface area (Å²) in [6, 6.07) is 6.76. The Balaban J connectivity index is 2.35. The van der Waals surface area contributed by atoms with Crippen LogP contribution in [-0.4, -0.2) is 31.9 Å². The third-order valence-electron chi connectivity index (χ3n) is 5.08. The van der Waals surface area contributed by atoms with Gasteiger partial charge in [0.15, 0.2) is 11.2 Å². The van der Waals surface area contributed by atoms with Crippen molar-refractivity contribution in [3.63, 3.8) is 0 Å². The molecule has 5 nitrogen and oxygen atoms in total. The summed E-state index contributed by atoms with van der Waals surface area (Å²) in [5.41, 5.74) is -0.357. The van der Waals surface area contributed by atoms with Crippen LogP contribution in [0.2, 0.25) is 0 Å². The lowest BCUT2D eigenvalue weighted by atomic mass is 9.75. The number of rotatable bonds is 10. The molecule has 0 heterocycles. The normalized spacial score (nSPS) is 14.0. The Morgan fingerprint density at radius 3 is 2.00 bits per heavy atom. The number of Topliss-reactive ketones (excluding diaryl/α,β-unsaturated/α-hetero) is 1. The van der Waals surface area contributed by atoms with E-state index in [1.807, 2.05) is 0 Å². The molecule has 1 fully saturated rings. The average molecular weight is 360 g/mol. The second-order valence-corrected chi connectivity index (χ2v) is 6.92. The first kappa shape index (κ1) is 20.1. The third-order valence-corrected chi connectivity index (χ3v) is 5.08. The summed E-state index contributed by atoms with van der Waals surface area (Å²) in [6.07, 6.45) is 5.92. The van der Waals surface area contributed by atoms with Crippen LogP contribution in [0.4, 0.5) is 0 Å². The van der Waals surface area contributed by atoms with Gasteiger partial charge in [-0.3, -0.25) is 14.4 Å². The van der Waals surface area contributed by atoms with Crippen molar-refractivity contribution in [2.75, 3.05) is 14.2 Å². The van der Waals surface area contributed by atoms with Gasteiger partial charge in [-0.15, -0.1) is 0 Å². The van der Waals surface area contributed by atoms with Crippen molar-refractivity contribution in [3.8, 4) is 0 Å². The number of methoxy groups -OCH3 is 2. The molecule has 1 aromatic rings. The molecule has 1 aliphatic rings. The highest BCUT2D eigenvalue weighted by molar-refractivity contribution is 6.06.